The van der Waals surface area contributed by atoms with E-state index in [1.165, 1.54) is 12.0 Å². The fourth-order valence-electron chi connectivity index (χ4n) is 3.06. The van der Waals surface area contributed by atoms with Gasteiger partial charge in [-0.1, -0.05) is 18.7 Å². The summed E-state index contributed by atoms with van der Waals surface area (Å²) in [5.41, 5.74) is 0.327. The summed E-state index contributed by atoms with van der Waals surface area (Å²) in [4.78, 5) is 40.3. The molecule has 1 rings (SSSR count). The first kappa shape index (κ1) is 23.0. The number of allylic oxidation sites excluding steroid dienone is 1. The molecule has 0 aliphatic carbocycles. The second-order valence-electron chi connectivity index (χ2n) is 6.70. The van der Waals surface area contributed by atoms with E-state index in [1.807, 2.05) is 6.92 Å². The summed E-state index contributed by atoms with van der Waals surface area (Å²) >= 11 is 0. The van der Waals surface area contributed by atoms with Gasteiger partial charge in [0.1, 0.15) is 0 Å². The van der Waals surface area contributed by atoms with Crippen molar-refractivity contribution in [1.29, 1.82) is 0 Å². The molecule has 1 saturated heterocycles. The maximum Gasteiger partial charge on any atom is 0.305 e. The van der Waals surface area contributed by atoms with Crippen molar-refractivity contribution in [2.24, 2.45) is 0 Å². The van der Waals surface area contributed by atoms with Gasteiger partial charge in [0.05, 0.1) is 7.11 Å². The highest BCUT2D eigenvalue weighted by atomic mass is 16.5. The molecule has 0 aromatic carbocycles. The summed E-state index contributed by atoms with van der Waals surface area (Å²) < 4.78 is 4.66. The Bertz CT molecular complexity index is 525. The lowest BCUT2D eigenvalue weighted by molar-refractivity contribution is -0.141. The number of methoxy groups -OCH3 is 1. The topological polar surface area (TPSA) is 70.2 Å². The molecule has 1 aliphatic heterocycles. The van der Waals surface area contributed by atoms with E-state index >= 15 is 0 Å². The Balaban J connectivity index is 2.17. The molecular formula is C20H33N3O4. The molecule has 0 atom stereocenters. The number of hydrogen-bond donors (Lipinski definition) is 0. The molecule has 0 saturated carbocycles. The van der Waals surface area contributed by atoms with Gasteiger partial charge in [-0.05, 0) is 39.3 Å². The van der Waals surface area contributed by atoms with Gasteiger partial charge in [-0.15, -0.1) is 0 Å². The summed E-state index contributed by atoms with van der Waals surface area (Å²) in [6.45, 7) is 11.8. The average Bonchev–Trinajstić information content (AvgIpc) is 2.68. The van der Waals surface area contributed by atoms with Crippen LogP contribution in [0.25, 0.3) is 0 Å². The Morgan fingerprint density at radius 3 is 2.19 bits per heavy atom. The van der Waals surface area contributed by atoms with E-state index in [9.17, 15) is 14.4 Å². The first-order valence-electron chi connectivity index (χ1n) is 9.61. The Morgan fingerprint density at radius 2 is 1.67 bits per heavy atom. The quantitative estimate of drug-likeness (QED) is 0.168. The standard InChI is InChI=1S/C20H33N3O4/c1-4-8-18(2)20(26)23(17-24)12-6-5-10-21-13-15-22(16-14-21)11-7-9-19(25)27-3/h4,8,17H,2,5-7,9-16H2,1,3H3/b8-4-. The van der Waals surface area contributed by atoms with E-state index in [0.717, 1.165) is 58.5 Å². The molecule has 0 bridgehead atoms. The third-order valence-electron chi connectivity index (χ3n) is 4.70. The molecule has 0 radical (unpaired) electrons. The van der Waals surface area contributed by atoms with Crippen molar-refractivity contribution < 1.29 is 19.1 Å². The van der Waals surface area contributed by atoms with Gasteiger partial charge in [0.15, 0.2) is 0 Å². The van der Waals surface area contributed by atoms with Crippen molar-refractivity contribution in [2.75, 3.05) is 52.9 Å². The van der Waals surface area contributed by atoms with E-state index in [0.29, 0.717) is 24.9 Å². The van der Waals surface area contributed by atoms with Crippen LogP contribution in [0.5, 0.6) is 0 Å². The minimum absolute atomic E-state index is 0.147. The van der Waals surface area contributed by atoms with Gasteiger partial charge in [-0.2, -0.15) is 0 Å². The smallest absolute Gasteiger partial charge is 0.305 e. The number of imide groups is 1. The average molecular weight is 380 g/mol. The van der Waals surface area contributed by atoms with Crippen molar-refractivity contribution >= 4 is 18.3 Å². The molecule has 0 aromatic rings. The van der Waals surface area contributed by atoms with Gasteiger partial charge in [0.2, 0.25) is 6.41 Å². The molecular weight excluding hydrogens is 346 g/mol. The number of carbonyl (C=O) groups is 3. The molecule has 1 fully saturated rings. The highest BCUT2D eigenvalue weighted by molar-refractivity contribution is 6.00. The van der Waals surface area contributed by atoms with Gasteiger partial charge in [-0.3, -0.25) is 19.3 Å². The Kier molecular flexibility index (Phi) is 11.3. The minimum atomic E-state index is -0.330. The van der Waals surface area contributed by atoms with Gasteiger partial charge >= 0.3 is 5.97 Å². The first-order valence-corrected chi connectivity index (χ1v) is 9.61. The number of esters is 1. The fourth-order valence-corrected chi connectivity index (χ4v) is 3.06. The molecule has 0 spiro atoms. The zero-order chi connectivity index (χ0) is 20.1. The van der Waals surface area contributed by atoms with Crippen LogP contribution in [0.3, 0.4) is 0 Å². The van der Waals surface area contributed by atoms with Crippen molar-refractivity contribution in [3.8, 4) is 0 Å². The summed E-state index contributed by atoms with van der Waals surface area (Å²) in [6.07, 6.45) is 6.97. The number of nitrogens with zero attached hydrogens (tertiary/aromatic N) is 3. The molecule has 1 heterocycles. The summed E-state index contributed by atoms with van der Waals surface area (Å²) in [5, 5.41) is 0. The molecule has 0 unspecified atom stereocenters. The van der Waals surface area contributed by atoms with Crippen molar-refractivity contribution in [1.82, 2.24) is 14.7 Å². The van der Waals surface area contributed by atoms with Crippen LogP contribution < -0.4 is 0 Å². The number of ether oxygens (including phenoxy) is 1. The third kappa shape index (κ3) is 8.97. The van der Waals surface area contributed by atoms with E-state index in [4.69, 9.17) is 0 Å². The second-order valence-corrected chi connectivity index (χ2v) is 6.70. The van der Waals surface area contributed by atoms with E-state index in [1.54, 1.807) is 12.2 Å². The molecule has 2 amide bonds. The van der Waals surface area contributed by atoms with Crippen LogP contribution in [-0.4, -0.2) is 85.9 Å². The maximum absolute atomic E-state index is 12.0. The summed E-state index contributed by atoms with van der Waals surface area (Å²) in [5.74, 6) is -0.477. The number of unbranched alkanes of at least 4 members (excludes halogenated alkanes) is 1. The highest BCUT2D eigenvalue weighted by Crippen LogP contribution is 2.07. The first-order chi connectivity index (χ1) is 13.0. The predicted molar refractivity (Wildman–Crippen MR) is 105 cm³/mol. The van der Waals surface area contributed by atoms with Crippen LogP contribution in [0.2, 0.25) is 0 Å². The van der Waals surface area contributed by atoms with Crippen LogP contribution in [0.4, 0.5) is 0 Å². The summed E-state index contributed by atoms with van der Waals surface area (Å²) in [6, 6.07) is 0. The lowest BCUT2D eigenvalue weighted by Crippen LogP contribution is -2.46. The van der Waals surface area contributed by atoms with Crippen LogP contribution in [0, 0.1) is 0 Å². The highest BCUT2D eigenvalue weighted by Gasteiger charge is 2.17. The van der Waals surface area contributed by atoms with Crippen molar-refractivity contribution in [2.45, 2.75) is 32.6 Å². The van der Waals surface area contributed by atoms with E-state index in [2.05, 4.69) is 21.1 Å². The van der Waals surface area contributed by atoms with Crippen LogP contribution in [0.1, 0.15) is 32.6 Å². The Hall–Kier alpha value is -1.99. The molecule has 0 N–H and O–H groups in total. The predicted octanol–water partition coefficient (Wildman–Crippen LogP) is 1.45. The zero-order valence-electron chi connectivity index (χ0n) is 16.7. The molecule has 27 heavy (non-hydrogen) atoms. The Morgan fingerprint density at radius 1 is 1.07 bits per heavy atom. The van der Waals surface area contributed by atoms with Crippen molar-refractivity contribution in [3.63, 3.8) is 0 Å². The zero-order valence-corrected chi connectivity index (χ0v) is 16.7. The largest absolute Gasteiger partial charge is 0.469 e. The van der Waals surface area contributed by atoms with Gasteiger partial charge in [0, 0.05) is 44.7 Å². The fraction of sp³-hybridized carbons (Fsp3) is 0.650. The molecule has 7 heteroatoms. The molecule has 1 aliphatic rings. The number of rotatable bonds is 12. The van der Waals surface area contributed by atoms with Crippen molar-refractivity contribution in [3.05, 3.63) is 24.3 Å². The number of carbonyl (C=O) groups excluding carboxylic acids is 3. The third-order valence-corrected chi connectivity index (χ3v) is 4.70. The van der Waals surface area contributed by atoms with Gasteiger partial charge < -0.3 is 14.5 Å². The normalized spacial score (nSPS) is 15.6. The van der Waals surface area contributed by atoms with Crippen LogP contribution >= 0.6 is 0 Å². The van der Waals surface area contributed by atoms with Gasteiger partial charge in [-0.25, -0.2) is 0 Å². The summed E-state index contributed by atoms with van der Waals surface area (Å²) in [7, 11) is 1.42. The molecule has 152 valence electrons. The monoisotopic (exact) mass is 379 g/mol. The SMILES string of the molecule is C=C(/C=C\C)C(=O)N(C=O)CCCCN1CCN(CCCC(=O)OC)CC1. The van der Waals surface area contributed by atoms with E-state index in [-0.39, 0.29) is 11.9 Å². The van der Waals surface area contributed by atoms with E-state index < -0.39 is 0 Å². The second kappa shape index (κ2) is 13.2. The van der Waals surface area contributed by atoms with Gasteiger partial charge in [0.25, 0.3) is 5.91 Å². The Labute approximate surface area is 162 Å². The number of hydrogen-bond acceptors (Lipinski definition) is 6. The molecule has 7 nitrogen and oxygen atoms in total. The lowest BCUT2D eigenvalue weighted by Gasteiger charge is -2.34. The van der Waals surface area contributed by atoms with Crippen LogP contribution in [0.15, 0.2) is 24.3 Å². The molecule has 0 aromatic heterocycles. The number of amides is 2. The lowest BCUT2D eigenvalue weighted by atomic mass is 10.2. The number of piperazine rings is 1. The van der Waals surface area contributed by atoms with Crippen LogP contribution in [-0.2, 0) is 19.1 Å². The maximum atomic E-state index is 12.0. The minimum Gasteiger partial charge on any atom is -0.469 e.